The molecule has 0 aliphatic carbocycles. The molecule has 1 atom stereocenters. The minimum atomic E-state index is -0.244. The van der Waals surface area contributed by atoms with Crippen LogP contribution in [0.1, 0.15) is 12.0 Å². The Morgan fingerprint density at radius 2 is 1.63 bits per heavy atom. The summed E-state index contributed by atoms with van der Waals surface area (Å²) < 4.78 is 0. The van der Waals surface area contributed by atoms with E-state index in [1.807, 2.05) is 48.2 Å². The summed E-state index contributed by atoms with van der Waals surface area (Å²) in [4.78, 5) is 35.3. The van der Waals surface area contributed by atoms with E-state index in [4.69, 9.17) is 0 Å². The van der Waals surface area contributed by atoms with Crippen LogP contribution in [0.3, 0.4) is 0 Å². The van der Waals surface area contributed by atoms with Crippen molar-refractivity contribution in [3.63, 3.8) is 0 Å². The van der Waals surface area contributed by atoms with Gasteiger partial charge in [-0.3, -0.25) is 14.6 Å². The highest BCUT2D eigenvalue weighted by Gasteiger charge is 2.37. The van der Waals surface area contributed by atoms with Crippen LogP contribution in [0.5, 0.6) is 0 Å². The van der Waals surface area contributed by atoms with Gasteiger partial charge >= 0.3 is 0 Å². The summed E-state index contributed by atoms with van der Waals surface area (Å²) in [6, 6.07) is 11.9. The highest BCUT2D eigenvalue weighted by Crippen LogP contribution is 2.27. The quantitative estimate of drug-likeness (QED) is 0.837. The third-order valence-electron chi connectivity index (χ3n) is 5.44. The van der Waals surface area contributed by atoms with Gasteiger partial charge in [0.2, 0.25) is 11.8 Å². The van der Waals surface area contributed by atoms with E-state index < -0.39 is 0 Å². The van der Waals surface area contributed by atoms with Crippen LogP contribution in [-0.2, 0) is 9.59 Å². The molecule has 27 heavy (non-hydrogen) atoms. The molecule has 1 aromatic carbocycles. The largest absolute Gasteiger partial charge is 0.368 e. The van der Waals surface area contributed by atoms with Gasteiger partial charge in [-0.2, -0.15) is 0 Å². The third kappa shape index (κ3) is 3.65. The highest BCUT2D eigenvalue weighted by molar-refractivity contribution is 6.00. The number of carbonyl (C=O) groups excluding carboxylic acids is 2. The normalized spacial score (nSPS) is 20.3. The first-order valence-electron chi connectivity index (χ1n) is 9.42. The number of hydrogen-bond acceptors (Lipinski definition) is 4. The third-order valence-corrected chi connectivity index (χ3v) is 5.44. The van der Waals surface area contributed by atoms with Crippen molar-refractivity contribution in [1.29, 1.82) is 0 Å². The van der Waals surface area contributed by atoms with Crippen LogP contribution in [0.2, 0.25) is 0 Å². The van der Waals surface area contributed by atoms with Crippen LogP contribution in [0.4, 0.5) is 11.4 Å². The van der Waals surface area contributed by atoms with Crippen molar-refractivity contribution in [1.82, 2.24) is 9.88 Å². The molecule has 0 spiro atoms. The molecular weight excluding hydrogens is 340 g/mol. The Balaban J connectivity index is 1.36. The van der Waals surface area contributed by atoms with Crippen molar-refractivity contribution in [3.8, 4) is 0 Å². The van der Waals surface area contributed by atoms with Gasteiger partial charge in [0, 0.05) is 62.9 Å². The number of anilines is 2. The van der Waals surface area contributed by atoms with Crippen molar-refractivity contribution >= 4 is 23.2 Å². The summed E-state index contributed by atoms with van der Waals surface area (Å²) >= 11 is 0. The molecule has 0 radical (unpaired) electrons. The number of amides is 2. The molecule has 1 unspecified atom stereocenters. The number of hydrogen-bond donors (Lipinski definition) is 0. The summed E-state index contributed by atoms with van der Waals surface area (Å²) in [6.45, 7) is 5.49. The van der Waals surface area contributed by atoms with Crippen molar-refractivity contribution in [2.45, 2.75) is 13.3 Å². The number of carbonyl (C=O) groups is 2. The van der Waals surface area contributed by atoms with Gasteiger partial charge < -0.3 is 14.7 Å². The molecule has 1 aromatic heterocycles. The van der Waals surface area contributed by atoms with E-state index in [0.717, 1.165) is 30.0 Å². The van der Waals surface area contributed by atoms with Crippen molar-refractivity contribution in [3.05, 3.63) is 54.4 Å². The van der Waals surface area contributed by atoms with Gasteiger partial charge in [0.05, 0.1) is 5.92 Å². The summed E-state index contributed by atoms with van der Waals surface area (Å²) in [5, 5.41) is 0. The molecule has 2 saturated heterocycles. The SMILES string of the molecule is Cc1ccc(N2CC(C(=O)N3CCN(c4ccncc4)CC3)CC2=O)cc1. The zero-order valence-corrected chi connectivity index (χ0v) is 15.5. The summed E-state index contributed by atoms with van der Waals surface area (Å²) in [5.41, 5.74) is 3.17. The second kappa shape index (κ2) is 7.39. The highest BCUT2D eigenvalue weighted by atomic mass is 16.2. The molecule has 2 aliphatic rings. The maximum absolute atomic E-state index is 12.9. The lowest BCUT2D eigenvalue weighted by molar-refractivity contribution is -0.136. The number of pyridine rings is 1. The van der Waals surface area contributed by atoms with Crippen LogP contribution in [-0.4, -0.2) is 54.4 Å². The maximum atomic E-state index is 12.9. The molecular formula is C21H24N4O2. The van der Waals surface area contributed by atoms with Gasteiger partial charge in [0.25, 0.3) is 0 Å². The molecule has 0 bridgehead atoms. The minimum absolute atomic E-state index is 0.0348. The number of aromatic nitrogens is 1. The summed E-state index contributed by atoms with van der Waals surface area (Å²) in [7, 11) is 0. The Labute approximate surface area is 159 Å². The number of piperazine rings is 1. The average molecular weight is 364 g/mol. The topological polar surface area (TPSA) is 56.8 Å². The van der Waals surface area contributed by atoms with E-state index in [1.54, 1.807) is 17.3 Å². The van der Waals surface area contributed by atoms with E-state index in [0.29, 0.717) is 26.1 Å². The number of aryl methyl sites for hydroxylation is 1. The van der Waals surface area contributed by atoms with Gasteiger partial charge in [-0.15, -0.1) is 0 Å². The van der Waals surface area contributed by atoms with E-state index in [9.17, 15) is 9.59 Å². The van der Waals surface area contributed by atoms with Gasteiger partial charge in [-0.25, -0.2) is 0 Å². The first-order valence-corrected chi connectivity index (χ1v) is 9.42. The fraction of sp³-hybridized carbons (Fsp3) is 0.381. The van der Waals surface area contributed by atoms with Crippen LogP contribution < -0.4 is 9.80 Å². The summed E-state index contributed by atoms with van der Waals surface area (Å²) in [6.07, 6.45) is 3.88. The van der Waals surface area contributed by atoms with Gasteiger partial charge in [-0.05, 0) is 31.2 Å². The van der Waals surface area contributed by atoms with Crippen molar-refractivity contribution in [2.75, 3.05) is 42.5 Å². The zero-order valence-electron chi connectivity index (χ0n) is 15.5. The molecule has 0 N–H and O–H groups in total. The minimum Gasteiger partial charge on any atom is -0.368 e. The zero-order chi connectivity index (χ0) is 18.8. The standard InChI is InChI=1S/C21H24N4O2/c1-16-2-4-19(5-3-16)25-15-17(14-20(25)26)21(27)24-12-10-23(11-13-24)18-6-8-22-9-7-18/h2-9,17H,10-15H2,1H3. The van der Waals surface area contributed by atoms with Crippen LogP contribution in [0.15, 0.2) is 48.8 Å². The first-order chi connectivity index (χ1) is 13.1. The Kier molecular flexibility index (Phi) is 4.79. The van der Waals surface area contributed by atoms with Crippen LogP contribution >= 0.6 is 0 Å². The van der Waals surface area contributed by atoms with Gasteiger partial charge in [-0.1, -0.05) is 17.7 Å². The molecule has 3 heterocycles. The lowest BCUT2D eigenvalue weighted by Gasteiger charge is -2.37. The predicted octanol–water partition coefficient (Wildman–Crippen LogP) is 2.09. The Hall–Kier alpha value is -2.89. The Morgan fingerprint density at radius 1 is 0.963 bits per heavy atom. The fourth-order valence-corrected chi connectivity index (χ4v) is 3.85. The number of benzene rings is 1. The molecule has 2 amide bonds. The van der Waals surface area contributed by atoms with Crippen molar-refractivity contribution in [2.24, 2.45) is 5.92 Å². The first kappa shape index (κ1) is 17.5. The van der Waals surface area contributed by atoms with Crippen LogP contribution in [0.25, 0.3) is 0 Å². The Morgan fingerprint density at radius 3 is 2.30 bits per heavy atom. The van der Waals surface area contributed by atoms with Crippen LogP contribution in [0, 0.1) is 12.8 Å². The second-order valence-corrected chi connectivity index (χ2v) is 7.26. The molecule has 2 fully saturated rings. The summed E-state index contributed by atoms with van der Waals surface area (Å²) in [5.74, 6) is -0.105. The maximum Gasteiger partial charge on any atom is 0.228 e. The monoisotopic (exact) mass is 364 g/mol. The van der Waals surface area contributed by atoms with E-state index >= 15 is 0 Å². The molecule has 6 nitrogen and oxygen atoms in total. The van der Waals surface area contributed by atoms with E-state index in [2.05, 4.69) is 9.88 Å². The lowest BCUT2D eigenvalue weighted by Crippen LogP contribution is -2.50. The number of nitrogens with zero attached hydrogens (tertiary/aromatic N) is 4. The van der Waals surface area contributed by atoms with Gasteiger partial charge in [0.1, 0.15) is 0 Å². The molecule has 6 heteroatoms. The second-order valence-electron chi connectivity index (χ2n) is 7.26. The Bertz CT molecular complexity index is 814. The molecule has 140 valence electrons. The average Bonchev–Trinajstić information content (AvgIpc) is 3.10. The fourth-order valence-electron chi connectivity index (χ4n) is 3.85. The smallest absolute Gasteiger partial charge is 0.228 e. The van der Waals surface area contributed by atoms with E-state index in [1.165, 1.54) is 0 Å². The van der Waals surface area contributed by atoms with Crippen molar-refractivity contribution < 1.29 is 9.59 Å². The molecule has 2 aliphatic heterocycles. The molecule has 0 saturated carbocycles. The molecule has 4 rings (SSSR count). The van der Waals surface area contributed by atoms with Gasteiger partial charge in [0.15, 0.2) is 0 Å². The lowest BCUT2D eigenvalue weighted by atomic mass is 10.1. The van der Waals surface area contributed by atoms with E-state index in [-0.39, 0.29) is 17.7 Å². The predicted molar refractivity (Wildman–Crippen MR) is 105 cm³/mol. The molecule has 2 aromatic rings. The number of rotatable bonds is 3.